The number of carbonyl (C=O) groups excluding carboxylic acids is 2. The Balaban J connectivity index is 1.70. The summed E-state index contributed by atoms with van der Waals surface area (Å²) in [5.74, 6) is -2.55. The molecule has 0 saturated heterocycles. The van der Waals surface area contributed by atoms with Gasteiger partial charge in [0.1, 0.15) is 6.04 Å². The number of hydrogen-bond donors (Lipinski definition) is 2. The summed E-state index contributed by atoms with van der Waals surface area (Å²) in [5, 5.41) is 2.78. The molecule has 2 aromatic carbocycles. The number of aromatic nitrogens is 2. The average molecular weight is 426 g/mol. The SMILES string of the molecule is COC(=O)c1ccc(C)c(NC(=O)N2CCc3[nH]cnc3[C@@H]2c2cccc(F)c2F)c1. The maximum absolute atomic E-state index is 14.7. The molecule has 4 rings (SSSR count). The summed E-state index contributed by atoms with van der Waals surface area (Å²) in [5.41, 5.74) is 2.67. The molecule has 9 heteroatoms. The van der Waals surface area contributed by atoms with Crippen molar-refractivity contribution in [3.8, 4) is 0 Å². The first-order chi connectivity index (χ1) is 14.9. The summed E-state index contributed by atoms with van der Waals surface area (Å²) in [7, 11) is 1.27. The zero-order chi connectivity index (χ0) is 22.1. The van der Waals surface area contributed by atoms with Gasteiger partial charge in [0.15, 0.2) is 11.6 Å². The highest BCUT2D eigenvalue weighted by atomic mass is 19.2. The summed E-state index contributed by atoms with van der Waals surface area (Å²) in [6, 6.07) is 7.24. The van der Waals surface area contributed by atoms with Crippen LogP contribution < -0.4 is 5.32 Å². The number of rotatable bonds is 3. The second kappa shape index (κ2) is 8.17. The van der Waals surface area contributed by atoms with Crippen LogP contribution >= 0.6 is 0 Å². The fourth-order valence-corrected chi connectivity index (χ4v) is 3.73. The van der Waals surface area contributed by atoms with Gasteiger partial charge in [0, 0.05) is 29.9 Å². The lowest BCUT2D eigenvalue weighted by molar-refractivity contribution is 0.0600. The molecule has 0 saturated carbocycles. The molecule has 2 N–H and O–H groups in total. The number of fused-ring (bicyclic) bond motifs is 1. The van der Waals surface area contributed by atoms with Gasteiger partial charge in [-0.15, -0.1) is 0 Å². The van der Waals surface area contributed by atoms with Crippen molar-refractivity contribution >= 4 is 17.7 Å². The minimum Gasteiger partial charge on any atom is -0.465 e. The van der Waals surface area contributed by atoms with Gasteiger partial charge in [-0.1, -0.05) is 18.2 Å². The van der Waals surface area contributed by atoms with Crippen molar-refractivity contribution < 1.29 is 23.1 Å². The Morgan fingerprint density at radius 1 is 1.26 bits per heavy atom. The largest absolute Gasteiger partial charge is 0.465 e. The van der Waals surface area contributed by atoms with Crippen LogP contribution in [-0.2, 0) is 11.2 Å². The van der Waals surface area contributed by atoms with Crippen LogP contribution in [0.2, 0.25) is 0 Å². The number of nitrogens with zero attached hydrogens (tertiary/aromatic N) is 2. The van der Waals surface area contributed by atoms with Gasteiger partial charge in [-0.25, -0.2) is 23.4 Å². The Labute approximate surface area is 177 Å². The molecular weight excluding hydrogens is 406 g/mol. The summed E-state index contributed by atoms with van der Waals surface area (Å²) in [6.07, 6.45) is 1.96. The molecule has 0 fully saturated rings. The number of nitrogens with one attached hydrogen (secondary N) is 2. The highest BCUT2D eigenvalue weighted by Gasteiger charge is 2.36. The van der Waals surface area contributed by atoms with Crippen LogP contribution in [0.3, 0.4) is 0 Å². The molecule has 0 radical (unpaired) electrons. The third-order valence-corrected chi connectivity index (χ3v) is 5.36. The van der Waals surface area contributed by atoms with Gasteiger partial charge in [-0.3, -0.25) is 0 Å². The predicted molar refractivity (Wildman–Crippen MR) is 109 cm³/mol. The van der Waals surface area contributed by atoms with E-state index in [0.717, 1.165) is 17.3 Å². The molecule has 3 aromatic rings. The molecule has 2 heterocycles. The molecule has 160 valence electrons. The van der Waals surface area contributed by atoms with E-state index in [2.05, 4.69) is 15.3 Å². The first-order valence-electron chi connectivity index (χ1n) is 9.63. The molecule has 1 atom stereocenters. The lowest BCUT2D eigenvalue weighted by Crippen LogP contribution is -2.43. The normalized spacial score (nSPS) is 15.4. The number of urea groups is 1. The highest BCUT2D eigenvalue weighted by molar-refractivity contribution is 5.95. The standard InChI is InChI=1S/C22H20F2N4O3/c1-12-6-7-13(21(29)31-2)10-17(12)27-22(30)28-9-8-16-19(26-11-25-16)20(28)14-4-3-5-15(23)18(14)24/h3-7,10-11,20H,8-9H2,1-2H3,(H,25,26)(H,27,30)/t20-/m0/s1. The number of aromatic amines is 1. The molecule has 1 aliphatic heterocycles. The molecule has 0 bridgehead atoms. The highest BCUT2D eigenvalue weighted by Crippen LogP contribution is 2.35. The smallest absolute Gasteiger partial charge is 0.337 e. The van der Waals surface area contributed by atoms with Crippen molar-refractivity contribution in [1.29, 1.82) is 0 Å². The Bertz CT molecular complexity index is 1160. The number of methoxy groups -OCH3 is 1. The van der Waals surface area contributed by atoms with Crippen molar-refractivity contribution in [1.82, 2.24) is 14.9 Å². The van der Waals surface area contributed by atoms with Gasteiger partial charge in [0.2, 0.25) is 0 Å². The molecule has 1 aromatic heterocycles. The monoisotopic (exact) mass is 426 g/mol. The Morgan fingerprint density at radius 2 is 2.06 bits per heavy atom. The van der Waals surface area contributed by atoms with Crippen molar-refractivity contribution in [2.45, 2.75) is 19.4 Å². The first kappa shape index (κ1) is 20.5. The first-order valence-corrected chi connectivity index (χ1v) is 9.63. The van der Waals surface area contributed by atoms with Gasteiger partial charge in [-0.2, -0.15) is 0 Å². The zero-order valence-corrected chi connectivity index (χ0v) is 16.9. The number of esters is 1. The van der Waals surface area contributed by atoms with Crippen molar-refractivity contribution in [3.05, 3.63) is 82.4 Å². The van der Waals surface area contributed by atoms with E-state index in [-0.39, 0.29) is 17.7 Å². The van der Waals surface area contributed by atoms with Crippen LogP contribution in [0.25, 0.3) is 0 Å². The van der Waals surface area contributed by atoms with Crippen molar-refractivity contribution in [2.24, 2.45) is 0 Å². The number of H-pyrrole nitrogens is 1. The molecule has 2 amide bonds. The fourth-order valence-electron chi connectivity index (χ4n) is 3.73. The zero-order valence-electron chi connectivity index (χ0n) is 16.9. The van der Waals surface area contributed by atoms with E-state index < -0.39 is 29.7 Å². The molecule has 1 aliphatic rings. The van der Waals surface area contributed by atoms with E-state index in [9.17, 15) is 18.4 Å². The lowest BCUT2D eigenvalue weighted by atomic mass is 9.95. The number of hydrogen-bond acceptors (Lipinski definition) is 4. The van der Waals surface area contributed by atoms with Gasteiger partial charge < -0.3 is 19.9 Å². The number of ether oxygens (including phenoxy) is 1. The van der Waals surface area contributed by atoms with Crippen LogP contribution in [0, 0.1) is 18.6 Å². The fraction of sp³-hybridized carbons (Fsp3) is 0.227. The number of aryl methyl sites for hydroxylation is 1. The third-order valence-electron chi connectivity index (χ3n) is 5.36. The minimum absolute atomic E-state index is 0.0169. The average Bonchev–Trinajstić information content (AvgIpc) is 3.25. The van der Waals surface area contributed by atoms with Crippen LogP contribution in [0.5, 0.6) is 0 Å². The van der Waals surface area contributed by atoms with Crippen LogP contribution in [0.15, 0.2) is 42.7 Å². The quantitative estimate of drug-likeness (QED) is 0.621. The molecular formula is C22H20F2N4O3. The number of amides is 2. The molecule has 0 unspecified atom stereocenters. The molecule has 0 aliphatic carbocycles. The molecule has 7 nitrogen and oxygen atoms in total. The van der Waals surface area contributed by atoms with Crippen molar-refractivity contribution in [2.75, 3.05) is 19.0 Å². The number of benzene rings is 2. The van der Waals surface area contributed by atoms with E-state index in [0.29, 0.717) is 17.8 Å². The van der Waals surface area contributed by atoms with Gasteiger partial charge in [0.25, 0.3) is 0 Å². The minimum atomic E-state index is -1.02. The second-order valence-corrected chi connectivity index (χ2v) is 7.21. The number of carbonyl (C=O) groups is 2. The maximum atomic E-state index is 14.7. The number of halogens is 2. The van der Waals surface area contributed by atoms with Crippen LogP contribution in [-0.4, -0.2) is 40.5 Å². The summed E-state index contributed by atoms with van der Waals surface area (Å²) in [6.45, 7) is 2.04. The van der Waals surface area contributed by atoms with E-state index in [1.54, 1.807) is 19.1 Å². The Hall–Kier alpha value is -3.75. The van der Waals surface area contributed by atoms with Gasteiger partial charge in [0.05, 0.1) is 24.7 Å². The Morgan fingerprint density at radius 3 is 2.84 bits per heavy atom. The topological polar surface area (TPSA) is 87.3 Å². The van der Waals surface area contributed by atoms with Gasteiger partial charge >= 0.3 is 12.0 Å². The van der Waals surface area contributed by atoms with E-state index >= 15 is 0 Å². The third kappa shape index (κ3) is 3.74. The summed E-state index contributed by atoms with van der Waals surface area (Å²) < 4.78 is 33.4. The Kier molecular flexibility index (Phi) is 5.41. The second-order valence-electron chi connectivity index (χ2n) is 7.21. The molecule has 31 heavy (non-hydrogen) atoms. The lowest BCUT2D eigenvalue weighted by Gasteiger charge is -2.35. The van der Waals surface area contributed by atoms with Crippen LogP contribution in [0.4, 0.5) is 19.3 Å². The summed E-state index contributed by atoms with van der Waals surface area (Å²) in [4.78, 5) is 33.7. The van der Waals surface area contributed by atoms with Crippen molar-refractivity contribution in [3.63, 3.8) is 0 Å². The van der Waals surface area contributed by atoms with Gasteiger partial charge in [-0.05, 0) is 30.7 Å². The number of anilines is 1. The maximum Gasteiger partial charge on any atom is 0.337 e. The van der Waals surface area contributed by atoms with E-state index in [1.807, 2.05) is 0 Å². The van der Waals surface area contributed by atoms with E-state index in [1.165, 1.54) is 36.5 Å². The van der Waals surface area contributed by atoms with E-state index in [4.69, 9.17) is 4.74 Å². The van der Waals surface area contributed by atoms with Crippen LogP contribution in [0.1, 0.15) is 38.9 Å². The summed E-state index contributed by atoms with van der Waals surface area (Å²) >= 11 is 0. The number of imidazole rings is 1. The predicted octanol–water partition coefficient (Wildman–Crippen LogP) is 3.96. The molecule has 0 spiro atoms.